The van der Waals surface area contributed by atoms with E-state index in [1.165, 1.54) is 12.8 Å². The molecule has 0 aliphatic heterocycles. The summed E-state index contributed by atoms with van der Waals surface area (Å²) in [5, 5.41) is 0. The molecular weight excluding hydrogens is 170 g/mol. The first-order valence-corrected chi connectivity index (χ1v) is 4.12. The SMILES string of the molecule is CCCCCCCC(=O)OF.[Na]. The number of halogens is 1. The Bertz CT molecular complexity index is 109. The zero-order valence-corrected chi connectivity index (χ0v) is 9.94. The van der Waals surface area contributed by atoms with Gasteiger partial charge >= 0.3 is 5.97 Å². The van der Waals surface area contributed by atoms with Crippen molar-refractivity contribution in [2.24, 2.45) is 0 Å². The maximum atomic E-state index is 11.1. The van der Waals surface area contributed by atoms with Gasteiger partial charge in [-0.2, -0.15) is 0 Å². The van der Waals surface area contributed by atoms with Gasteiger partial charge in [0.25, 0.3) is 0 Å². The standard InChI is InChI=1S/C8H15FO2.Na/c1-2-3-4-5-6-7-8(10)11-9;/h2-7H2,1H3;. The molecule has 0 aliphatic rings. The second-order valence-corrected chi connectivity index (χ2v) is 2.61. The van der Waals surface area contributed by atoms with E-state index >= 15 is 0 Å². The molecule has 0 bridgehead atoms. The molecule has 0 fully saturated rings. The number of carbonyl (C=O) groups is 1. The van der Waals surface area contributed by atoms with Crippen LogP contribution in [0.1, 0.15) is 45.4 Å². The summed E-state index contributed by atoms with van der Waals surface area (Å²) in [4.78, 5) is 13.3. The molecule has 0 saturated heterocycles. The maximum Gasteiger partial charge on any atom is 0.348 e. The summed E-state index contributed by atoms with van der Waals surface area (Å²) in [6, 6.07) is 0. The predicted molar refractivity (Wildman–Crippen MR) is 46.3 cm³/mol. The molecule has 0 spiro atoms. The molecular formula is C8H15FNaO2. The van der Waals surface area contributed by atoms with E-state index in [1.807, 2.05) is 0 Å². The third-order valence-corrected chi connectivity index (χ3v) is 1.57. The van der Waals surface area contributed by atoms with Crippen LogP contribution in [-0.4, -0.2) is 35.5 Å². The predicted octanol–water partition coefficient (Wildman–Crippen LogP) is 2.39. The van der Waals surface area contributed by atoms with Crippen molar-refractivity contribution in [2.75, 3.05) is 0 Å². The summed E-state index contributed by atoms with van der Waals surface area (Å²) in [5.74, 6) is -0.749. The molecule has 12 heavy (non-hydrogen) atoms. The van der Waals surface area contributed by atoms with Gasteiger partial charge in [0.15, 0.2) is 0 Å². The van der Waals surface area contributed by atoms with Gasteiger partial charge in [-0.15, -0.1) is 0 Å². The average Bonchev–Trinajstić information content (AvgIpc) is 2.04. The third-order valence-electron chi connectivity index (χ3n) is 1.57. The molecule has 0 atom stereocenters. The van der Waals surface area contributed by atoms with Gasteiger partial charge in [0.1, 0.15) is 0 Å². The molecule has 0 rings (SSSR count). The van der Waals surface area contributed by atoms with Crippen LogP contribution in [0.15, 0.2) is 0 Å². The van der Waals surface area contributed by atoms with Crippen LogP contribution in [0, 0.1) is 0 Å². The molecule has 0 heterocycles. The van der Waals surface area contributed by atoms with E-state index in [4.69, 9.17) is 0 Å². The number of hydrogen-bond acceptors (Lipinski definition) is 2. The van der Waals surface area contributed by atoms with Crippen LogP contribution in [-0.2, 0) is 9.74 Å². The van der Waals surface area contributed by atoms with E-state index in [-0.39, 0.29) is 36.0 Å². The van der Waals surface area contributed by atoms with Crippen molar-refractivity contribution in [3.8, 4) is 0 Å². The normalized spacial score (nSPS) is 8.83. The van der Waals surface area contributed by atoms with Crippen molar-refractivity contribution in [3.05, 3.63) is 0 Å². The Morgan fingerprint density at radius 2 is 1.83 bits per heavy atom. The summed E-state index contributed by atoms with van der Waals surface area (Å²) < 4.78 is 11.1. The topological polar surface area (TPSA) is 26.3 Å². The quantitative estimate of drug-likeness (QED) is 0.469. The Morgan fingerprint density at radius 3 is 2.33 bits per heavy atom. The zero-order chi connectivity index (χ0) is 8.53. The van der Waals surface area contributed by atoms with Gasteiger partial charge in [-0.3, -0.25) is 4.94 Å². The van der Waals surface area contributed by atoms with Crippen LogP contribution in [0.3, 0.4) is 0 Å². The van der Waals surface area contributed by atoms with Gasteiger partial charge in [-0.25, -0.2) is 4.79 Å². The summed E-state index contributed by atoms with van der Waals surface area (Å²) in [6.07, 6.45) is 5.42. The smallest absolute Gasteiger partial charge is 0.255 e. The first-order valence-electron chi connectivity index (χ1n) is 4.12. The fourth-order valence-corrected chi connectivity index (χ4v) is 0.911. The van der Waals surface area contributed by atoms with E-state index in [0.29, 0.717) is 0 Å². The molecule has 0 aromatic carbocycles. The molecule has 1 radical (unpaired) electrons. The van der Waals surface area contributed by atoms with Crippen molar-refractivity contribution in [1.29, 1.82) is 0 Å². The second-order valence-electron chi connectivity index (χ2n) is 2.61. The van der Waals surface area contributed by atoms with E-state index in [0.717, 1.165) is 19.3 Å². The Labute approximate surface area is 95.0 Å². The Balaban J connectivity index is 0. The van der Waals surface area contributed by atoms with Crippen molar-refractivity contribution >= 4 is 35.5 Å². The van der Waals surface area contributed by atoms with E-state index in [2.05, 4.69) is 11.9 Å². The molecule has 0 amide bonds. The maximum absolute atomic E-state index is 11.1. The summed E-state index contributed by atoms with van der Waals surface area (Å²) >= 11 is 0. The fourth-order valence-electron chi connectivity index (χ4n) is 0.911. The average molecular weight is 185 g/mol. The second kappa shape index (κ2) is 11.4. The summed E-state index contributed by atoms with van der Waals surface area (Å²) in [6.45, 7) is 2.12. The van der Waals surface area contributed by atoms with Crippen LogP contribution in [0.4, 0.5) is 4.53 Å². The van der Waals surface area contributed by atoms with Crippen LogP contribution in [0.5, 0.6) is 0 Å². The number of unbranched alkanes of at least 4 members (excludes halogenated alkanes) is 4. The molecule has 0 aromatic heterocycles. The van der Waals surface area contributed by atoms with Crippen molar-refractivity contribution < 1.29 is 14.3 Å². The Morgan fingerprint density at radius 1 is 1.25 bits per heavy atom. The number of rotatable bonds is 6. The fraction of sp³-hybridized carbons (Fsp3) is 0.875. The minimum atomic E-state index is -0.749. The Kier molecular flexibility index (Phi) is 14.2. The van der Waals surface area contributed by atoms with Gasteiger partial charge in [-0.05, 0) is 6.42 Å². The van der Waals surface area contributed by atoms with Gasteiger partial charge in [0.05, 0.1) is 0 Å². The van der Waals surface area contributed by atoms with Crippen LogP contribution < -0.4 is 0 Å². The first kappa shape index (κ1) is 14.9. The van der Waals surface area contributed by atoms with E-state index in [1.54, 1.807) is 0 Å². The van der Waals surface area contributed by atoms with Gasteiger partial charge in [0.2, 0.25) is 0 Å². The van der Waals surface area contributed by atoms with Crippen molar-refractivity contribution in [1.82, 2.24) is 0 Å². The molecule has 0 aliphatic carbocycles. The van der Waals surface area contributed by atoms with Crippen molar-refractivity contribution in [2.45, 2.75) is 45.4 Å². The monoisotopic (exact) mass is 185 g/mol. The van der Waals surface area contributed by atoms with E-state index < -0.39 is 5.97 Å². The molecule has 0 unspecified atom stereocenters. The molecule has 67 valence electrons. The number of carbonyl (C=O) groups excluding carboxylic acids is 1. The minimum absolute atomic E-state index is 0. The van der Waals surface area contributed by atoms with Crippen LogP contribution >= 0.6 is 0 Å². The van der Waals surface area contributed by atoms with Gasteiger partial charge in [-0.1, -0.05) is 32.6 Å². The van der Waals surface area contributed by atoms with E-state index in [9.17, 15) is 9.32 Å². The molecule has 0 N–H and O–H groups in total. The number of hydrogen-bond donors (Lipinski definition) is 0. The first-order chi connectivity index (χ1) is 5.31. The molecule has 0 saturated carbocycles. The van der Waals surface area contributed by atoms with Crippen LogP contribution in [0.2, 0.25) is 0 Å². The summed E-state index contributed by atoms with van der Waals surface area (Å²) in [5.41, 5.74) is 0. The van der Waals surface area contributed by atoms with Crippen molar-refractivity contribution in [3.63, 3.8) is 0 Å². The molecule has 4 heteroatoms. The molecule has 2 nitrogen and oxygen atoms in total. The third kappa shape index (κ3) is 10.4. The minimum Gasteiger partial charge on any atom is -0.255 e. The summed E-state index contributed by atoms with van der Waals surface area (Å²) in [7, 11) is 0. The Hall–Kier alpha value is 0.400. The van der Waals surface area contributed by atoms with Gasteiger partial charge in [0, 0.05) is 40.5 Å². The van der Waals surface area contributed by atoms with Gasteiger partial charge < -0.3 is 0 Å². The zero-order valence-electron chi connectivity index (χ0n) is 7.94. The largest absolute Gasteiger partial charge is 0.348 e. The van der Waals surface area contributed by atoms with Crippen LogP contribution in [0.25, 0.3) is 0 Å². The molecule has 0 aromatic rings.